The van der Waals surface area contributed by atoms with Crippen molar-refractivity contribution in [1.82, 2.24) is 10.6 Å². The first kappa shape index (κ1) is 17.1. The number of ether oxygens (including phenoxy) is 1. The molecule has 2 amide bonds. The summed E-state index contributed by atoms with van der Waals surface area (Å²) >= 11 is 0. The summed E-state index contributed by atoms with van der Waals surface area (Å²) in [7, 11) is 0. The van der Waals surface area contributed by atoms with Crippen LogP contribution in [0, 0.1) is 17.0 Å². The lowest BCUT2D eigenvalue weighted by Gasteiger charge is -2.39. The number of hydrogen-bond donors (Lipinski definition) is 2. The van der Waals surface area contributed by atoms with Crippen molar-refractivity contribution in [2.75, 3.05) is 19.8 Å². The molecular formula is C18H24F2N2O2. The van der Waals surface area contributed by atoms with Gasteiger partial charge in [0.15, 0.2) is 0 Å². The van der Waals surface area contributed by atoms with Crippen LogP contribution in [0.25, 0.3) is 0 Å². The average Bonchev–Trinajstić information content (AvgIpc) is 2.93. The van der Waals surface area contributed by atoms with Gasteiger partial charge in [-0.3, -0.25) is 0 Å². The highest BCUT2D eigenvalue weighted by Crippen LogP contribution is 2.45. The Balaban J connectivity index is 1.48. The van der Waals surface area contributed by atoms with E-state index in [1.54, 1.807) is 0 Å². The number of amides is 2. The van der Waals surface area contributed by atoms with E-state index in [1.807, 2.05) is 0 Å². The molecule has 4 nitrogen and oxygen atoms in total. The largest absolute Gasteiger partial charge is 0.381 e. The van der Waals surface area contributed by atoms with Gasteiger partial charge >= 0.3 is 6.03 Å². The zero-order valence-electron chi connectivity index (χ0n) is 13.7. The number of rotatable bonds is 4. The minimum atomic E-state index is -0.469. The maximum absolute atomic E-state index is 13.6. The minimum Gasteiger partial charge on any atom is -0.381 e. The molecule has 24 heavy (non-hydrogen) atoms. The summed E-state index contributed by atoms with van der Waals surface area (Å²) in [6.07, 6.45) is 5.50. The molecule has 1 aliphatic carbocycles. The number of benzene rings is 1. The fourth-order valence-corrected chi connectivity index (χ4v) is 4.00. The summed E-state index contributed by atoms with van der Waals surface area (Å²) in [4.78, 5) is 12.1. The lowest BCUT2D eigenvalue weighted by molar-refractivity contribution is 0.00625. The average molecular weight is 338 g/mol. The number of carbonyl (C=O) groups is 1. The lowest BCUT2D eigenvalue weighted by atomic mass is 9.75. The fourth-order valence-electron chi connectivity index (χ4n) is 4.00. The Bertz CT molecular complexity index is 588. The van der Waals surface area contributed by atoms with Crippen LogP contribution in [0.1, 0.15) is 37.7 Å². The van der Waals surface area contributed by atoms with Crippen LogP contribution < -0.4 is 10.6 Å². The second kappa shape index (κ2) is 7.47. The molecule has 1 saturated carbocycles. The zero-order valence-corrected chi connectivity index (χ0v) is 13.7. The van der Waals surface area contributed by atoms with Gasteiger partial charge in [-0.15, -0.1) is 0 Å². The number of urea groups is 1. The Labute approximate surface area is 141 Å². The highest BCUT2D eigenvalue weighted by Gasteiger charge is 2.44. The van der Waals surface area contributed by atoms with E-state index in [4.69, 9.17) is 4.74 Å². The maximum atomic E-state index is 13.6. The maximum Gasteiger partial charge on any atom is 0.315 e. The van der Waals surface area contributed by atoms with Crippen molar-refractivity contribution in [3.05, 3.63) is 35.4 Å². The van der Waals surface area contributed by atoms with E-state index in [1.165, 1.54) is 6.07 Å². The molecule has 0 aromatic heterocycles. The van der Waals surface area contributed by atoms with Crippen LogP contribution in [0.3, 0.4) is 0 Å². The van der Waals surface area contributed by atoms with Gasteiger partial charge in [-0.25, -0.2) is 13.6 Å². The van der Waals surface area contributed by atoms with Crippen molar-refractivity contribution in [2.45, 2.75) is 44.6 Å². The van der Waals surface area contributed by atoms with Crippen molar-refractivity contribution in [3.8, 4) is 0 Å². The Kier molecular flexibility index (Phi) is 5.33. The minimum absolute atomic E-state index is 0.171. The van der Waals surface area contributed by atoms with Crippen LogP contribution in [-0.4, -0.2) is 31.8 Å². The van der Waals surface area contributed by atoms with Crippen molar-refractivity contribution in [1.29, 1.82) is 0 Å². The molecule has 1 saturated heterocycles. The molecule has 1 aliphatic heterocycles. The second-order valence-corrected chi connectivity index (χ2v) is 6.81. The van der Waals surface area contributed by atoms with Crippen molar-refractivity contribution >= 4 is 6.03 Å². The van der Waals surface area contributed by atoms with E-state index in [0.717, 1.165) is 57.5 Å². The van der Waals surface area contributed by atoms with E-state index >= 15 is 0 Å². The quantitative estimate of drug-likeness (QED) is 0.886. The van der Waals surface area contributed by atoms with E-state index in [9.17, 15) is 13.6 Å². The fraction of sp³-hybridized carbons (Fsp3) is 0.611. The van der Waals surface area contributed by atoms with E-state index in [2.05, 4.69) is 10.6 Å². The summed E-state index contributed by atoms with van der Waals surface area (Å²) in [5.74, 6) is -0.918. The van der Waals surface area contributed by atoms with Crippen molar-refractivity contribution in [2.24, 2.45) is 5.41 Å². The van der Waals surface area contributed by atoms with E-state index in [-0.39, 0.29) is 36.0 Å². The predicted octanol–water partition coefficient (Wildman–Crippen LogP) is 3.16. The number of carbonyl (C=O) groups excluding carboxylic acids is 1. The molecule has 2 aliphatic rings. The third kappa shape index (κ3) is 3.86. The SMILES string of the molecule is O=C(NCCc1cc(F)ccc1F)NC1CCCC12CCOCC2. The van der Waals surface area contributed by atoms with Crippen LogP contribution in [0.5, 0.6) is 0 Å². The molecule has 2 N–H and O–H groups in total. The van der Waals surface area contributed by atoms with Gasteiger partial charge in [-0.05, 0) is 61.3 Å². The van der Waals surface area contributed by atoms with Gasteiger partial charge in [0.1, 0.15) is 11.6 Å². The first-order valence-corrected chi connectivity index (χ1v) is 8.65. The molecule has 1 unspecified atom stereocenters. The predicted molar refractivity (Wildman–Crippen MR) is 86.7 cm³/mol. The smallest absolute Gasteiger partial charge is 0.315 e. The van der Waals surface area contributed by atoms with Gasteiger partial charge in [0.25, 0.3) is 0 Å². The Hall–Kier alpha value is -1.69. The third-order valence-corrected chi connectivity index (χ3v) is 5.39. The molecule has 2 fully saturated rings. The number of halogens is 2. The molecule has 0 bridgehead atoms. The molecule has 6 heteroatoms. The third-order valence-electron chi connectivity index (χ3n) is 5.39. The van der Waals surface area contributed by atoms with E-state index < -0.39 is 11.6 Å². The van der Waals surface area contributed by atoms with Gasteiger partial charge in [-0.1, -0.05) is 6.42 Å². The topological polar surface area (TPSA) is 50.4 Å². The van der Waals surface area contributed by atoms with E-state index in [0.29, 0.717) is 0 Å². The molecule has 0 radical (unpaired) electrons. The molecule has 132 valence electrons. The molecule has 1 aromatic carbocycles. The van der Waals surface area contributed by atoms with Crippen molar-refractivity contribution < 1.29 is 18.3 Å². The molecule has 1 atom stereocenters. The Morgan fingerprint density at radius 3 is 2.83 bits per heavy atom. The van der Waals surface area contributed by atoms with Crippen LogP contribution in [0.15, 0.2) is 18.2 Å². The Morgan fingerprint density at radius 1 is 1.25 bits per heavy atom. The molecule has 1 aromatic rings. The van der Waals surface area contributed by atoms with Gasteiger partial charge in [0.05, 0.1) is 0 Å². The van der Waals surface area contributed by atoms with Crippen LogP contribution >= 0.6 is 0 Å². The molecule has 1 heterocycles. The molecular weight excluding hydrogens is 314 g/mol. The number of hydrogen-bond acceptors (Lipinski definition) is 2. The highest BCUT2D eigenvalue weighted by molar-refractivity contribution is 5.74. The standard InChI is InChI=1S/C18H24F2N2O2/c19-14-3-4-15(20)13(12-14)5-9-21-17(23)22-16-2-1-6-18(16)7-10-24-11-8-18/h3-4,12,16H,1-2,5-11H2,(H2,21,22,23). The van der Waals surface area contributed by atoms with Gasteiger partial charge in [-0.2, -0.15) is 0 Å². The monoisotopic (exact) mass is 338 g/mol. The normalized spacial score (nSPS) is 22.5. The summed E-state index contributed by atoms with van der Waals surface area (Å²) in [5.41, 5.74) is 0.446. The zero-order chi connectivity index (χ0) is 17.0. The number of nitrogens with one attached hydrogen (secondary N) is 2. The summed E-state index contributed by atoms with van der Waals surface area (Å²) in [5, 5.41) is 5.83. The highest BCUT2D eigenvalue weighted by atomic mass is 19.1. The molecule has 3 rings (SSSR count). The van der Waals surface area contributed by atoms with Crippen LogP contribution in [0.2, 0.25) is 0 Å². The van der Waals surface area contributed by atoms with Gasteiger partial charge < -0.3 is 15.4 Å². The first-order chi connectivity index (χ1) is 11.6. The van der Waals surface area contributed by atoms with Crippen LogP contribution in [0.4, 0.5) is 13.6 Å². The summed E-state index contributed by atoms with van der Waals surface area (Å²) in [6, 6.07) is 3.31. The Morgan fingerprint density at radius 2 is 2.04 bits per heavy atom. The molecule has 1 spiro atoms. The van der Waals surface area contributed by atoms with Gasteiger partial charge in [0, 0.05) is 25.8 Å². The van der Waals surface area contributed by atoms with Gasteiger partial charge in [0.2, 0.25) is 0 Å². The summed E-state index contributed by atoms with van der Waals surface area (Å²) in [6.45, 7) is 1.80. The van der Waals surface area contributed by atoms with Crippen LogP contribution in [-0.2, 0) is 11.2 Å². The first-order valence-electron chi connectivity index (χ1n) is 8.65. The lowest BCUT2D eigenvalue weighted by Crippen LogP contribution is -2.50. The summed E-state index contributed by atoms with van der Waals surface area (Å²) < 4.78 is 32.1. The second-order valence-electron chi connectivity index (χ2n) is 6.81. The van der Waals surface area contributed by atoms with Crippen molar-refractivity contribution in [3.63, 3.8) is 0 Å².